The number of benzene rings is 2. The summed E-state index contributed by atoms with van der Waals surface area (Å²) in [5.74, 6) is -0.489. The maximum Gasteiger partial charge on any atom is 0.344 e. The zero-order chi connectivity index (χ0) is 17.3. The topological polar surface area (TPSA) is 72.8 Å². The molecule has 6 heteroatoms. The number of carboxylic acids is 1. The van der Waals surface area contributed by atoms with Crippen molar-refractivity contribution in [1.82, 2.24) is 0 Å². The molecule has 122 valence electrons. The van der Waals surface area contributed by atoms with Gasteiger partial charge in [-0.1, -0.05) is 23.7 Å². The van der Waals surface area contributed by atoms with Crippen molar-refractivity contribution in [2.24, 2.45) is 0 Å². The van der Waals surface area contributed by atoms with E-state index in [1.165, 1.54) is 13.0 Å². The van der Waals surface area contributed by atoms with Crippen LogP contribution in [0, 0.1) is 0 Å². The number of ether oxygens (including phenoxy) is 2. The van der Waals surface area contributed by atoms with E-state index >= 15 is 0 Å². The first-order valence-corrected chi connectivity index (χ1v) is 7.55. The van der Waals surface area contributed by atoms with Gasteiger partial charge in [-0.15, -0.1) is 0 Å². The Kier molecular flexibility index (Phi) is 4.27. The van der Waals surface area contributed by atoms with E-state index in [1.54, 1.807) is 36.4 Å². The van der Waals surface area contributed by atoms with Crippen molar-refractivity contribution in [2.75, 3.05) is 0 Å². The van der Waals surface area contributed by atoms with Crippen LogP contribution in [0.2, 0.25) is 5.02 Å². The van der Waals surface area contributed by atoms with Gasteiger partial charge in [-0.3, -0.25) is 4.79 Å². The van der Waals surface area contributed by atoms with Crippen molar-refractivity contribution >= 4 is 29.4 Å². The van der Waals surface area contributed by atoms with Gasteiger partial charge in [-0.2, -0.15) is 0 Å². The largest absolute Gasteiger partial charge is 0.479 e. The molecule has 1 aliphatic heterocycles. The molecule has 0 unspecified atom stereocenters. The molecule has 0 aliphatic carbocycles. The molecule has 1 N–H and O–H groups in total. The van der Waals surface area contributed by atoms with Gasteiger partial charge in [-0.05, 0) is 42.8 Å². The van der Waals surface area contributed by atoms with E-state index in [1.807, 2.05) is 6.07 Å². The van der Waals surface area contributed by atoms with E-state index < -0.39 is 12.1 Å². The SMILES string of the molecule is C[C@@H](Oc1ccc2c(c1)OC(=Cc1cccc(Cl)c1)C2=O)C(=O)O. The number of Topliss-reactive ketones (excluding diaryl/α,β-unsaturated/α-hetero) is 1. The van der Waals surface area contributed by atoms with Crippen LogP contribution >= 0.6 is 11.6 Å². The molecule has 0 bridgehead atoms. The Morgan fingerprint density at radius 3 is 2.79 bits per heavy atom. The lowest BCUT2D eigenvalue weighted by Crippen LogP contribution is -2.22. The summed E-state index contributed by atoms with van der Waals surface area (Å²) in [6.07, 6.45) is 0.607. The van der Waals surface area contributed by atoms with Crippen molar-refractivity contribution < 1.29 is 24.2 Å². The molecule has 0 spiro atoms. The number of fused-ring (bicyclic) bond motifs is 1. The molecule has 1 atom stereocenters. The van der Waals surface area contributed by atoms with Crippen molar-refractivity contribution in [3.63, 3.8) is 0 Å². The zero-order valence-corrected chi connectivity index (χ0v) is 13.4. The number of halogens is 1. The molecule has 0 radical (unpaired) electrons. The molecule has 2 aromatic carbocycles. The second-order valence-electron chi connectivity index (χ2n) is 5.25. The summed E-state index contributed by atoms with van der Waals surface area (Å²) in [6.45, 7) is 1.42. The Balaban J connectivity index is 1.86. The molecule has 24 heavy (non-hydrogen) atoms. The second kappa shape index (κ2) is 6.37. The Morgan fingerprint density at radius 2 is 2.08 bits per heavy atom. The van der Waals surface area contributed by atoms with Gasteiger partial charge >= 0.3 is 5.97 Å². The smallest absolute Gasteiger partial charge is 0.344 e. The summed E-state index contributed by atoms with van der Waals surface area (Å²) in [5, 5.41) is 9.44. The molecule has 2 aromatic rings. The maximum absolute atomic E-state index is 12.4. The van der Waals surface area contributed by atoms with Gasteiger partial charge in [0.1, 0.15) is 11.5 Å². The van der Waals surface area contributed by atoms with E-state index in [0.29, 0.717) is 22.1 Å². The number of carbonyl (C=O) groups is 2. The third kappa shape index (κ3) is 3.26. The molecular weight excluding hydrogens is 332 g/mol. The van der Waals surface area contributed by atoms with Crippen LogP contribution < -0.4 is 9.47 Å². The van der Waals surface area contributed by atoms with Crippen LogP contribution in [0.25, 0.3) is 6.08 Å². The number of ketones is 1. The predicted molar refractivity (Wildman–Crippen MR) is 88.6 cm³/mol. The van der Waals surface area contributed by atoms with Crippen LogP contribution in [0.15, 0.2) is 48.2 Å². The minimum atomic E-state index is -1.07. The van der Waals surface area contributed by atoms with Crippen LogP contribution in [0.3, 0.4) is 0 Å². The van der Waals surface area contributed by atoms with Gasteiger partial charge in [0.15, 0.2) is 11.9 Å². The van der Waals surface area contributed by atoms with Gasteiger partial charge in [0.25, 0.3) is 0 Å². The first-order chi connectivity index (χ1) is 11.4. The molecule has 1 aliphatic rings. The number of carbonyl (C=O) groups excluding carboxylic acids is 1. The Labute approximate surface area is 143 Å². The lowest BCUT2D eigenvalue weighted by molar-refractivity contribution is -0.144. The van der Waals surface area contributed by atoms with Gasteiger partial charge in [0.2, 0.25) is 5.78 Å². The van der Waals surface area contributed by atoms with E-state index in [-0.39, 0.29) is 11.5 Å². The normalized spacial score (nSPS) is 15.8. The van der Waals surface area contributed by atoms with Crippen LogP contribution in [0.1, 0.15) is 22.8 Å². The number of carboxylic acid groups (broad SMARTS) is 1. The number of aliphatic carboxylic acids is 1. The Morgan fingerprint density at radius 1 is 1.29 bits per heavy atom. The summed E-state index contributed by atoms with van der Waals surface area (Å²) in [4.78, 5) is 23.2. The van der Waals surface area contributed by atoms with Gasteiger partial charge in [0.05, 0.1) is 5.56 Å². The summed E-state index contributed by atoms with van der Waals surface area (Å²) < 4.78 is 10.9. The first-order valence-electron chi connectivity index (χ1n) is 7.17. The molecule has 0 saturated heterocycles. The molecule has 0 amide bonds. The number of hydrogen-bond acceptors (Lipinski definition) is 4. The fraction of sp³-hybridized carbons (Fsp3) is 0.111. The number of allylic oxidation sites excluding steroid dienone is 1. The highest BCUT2D eigenvalue weighted by atomic mass is 35.5. The Bertz CT molecular complexity index is 856. The highest BCUT2D eigenvalue weighted by Gasteiger charge is 2.28. The summed E-state index contributed by atoms with van der Waals surface area (Å²) in [7, 11) is 0. The quantitative estimate of drug-likeness (QED) is 0.854. The van der Waals surface area contributed by atoms with Crippen LogP contribution in [0.4, 0.5) is 0 Å². The molecule has 5 nitrogen and oxygen atoms in total. The van der Waals surface area contributed by atoms with E-state index in [9.17, 15) is 9.59 Å². The van der Waals surface area contributed by atoms with E-state index in [2.05, 4.69) is 0 Å². The Hall–Kier alpha value is -2.79. The number of hydrogen-bond donors (Lipinski definition) is 1. The van der Waals surface area contributed by atoms with Crippen molar-refractivity contribution in [1.29, 1.82) is 0 Å². The zero-order valence-electron chi connectivity index (χ0n) is 12.7. The molecule has 0 saturated carbocycles. The van der Waals surface area contributed by atoms with Crippen LogP contribution in [-0.2, 0) is 4.79 Å². The average molecular weight is 345 g/mol. The first kappa shape index (κ1) is 16.1. The van der Waals surface area contributed by atoms with Crippen molar-refractivity contribution in [2.45, 2.75) is 13.0 Å². The number of rotatable bonds is 4. The summed E-state index contributed by atoms with van der Waals surface area (Å²) in [6, 6.07) is 11.6. The molecule has 3 rings (SSSR count). The van der Waals surface area contributed by atoms with Crippen LogP contribution in [-0.4, -0.2) is 23.0 Å². The van der Waals surface area contributed by atoms with Gasteiger partial charge in [0, 0.05) is 11.1 Å². The second-order valence-corrected chi connectivity index (χ2v) is 5.69. The molecule has 1 heterocycles. The minimum absolute atomic E-state index is 0.177. The van der Waals surface area contributed by atoms with Gasteiger partial charge in [-0.25, -0.2) is 4.79 Å². The van der Waals surface area contributed by atoms with E-state index in [4.69, 9.17) is 26.2 Å². The lowest BCUT2D eigenvalue weighted by atomic mass is 10.1. The highest BCUT2D eigenvalue weighted by Crippen LogP contribution is 2.35. The minimum Gasteiger partial charge on any atom is -0.479 e. The van der Waals surface area contributed by atoms with Gasteiger partial charge < -0.3 is 14.6 Å². The highest BCUT2D eigenvalue weighted by molar-refractivity contribution is 6.30. The van der Waals surface area contributed by atoms with Crippen molar-refractivity contribution in [3.05, 3.63) is 64.4 Å². The summed E-state index contributed by atoms with van der Waals surface area (Å²) >= 11 is 5.93. The monoisotopic (exact) mass is 344 g/mol. The van der Waals surface area contributed by atoms with E-state index in [0.717, 1.165) is 5.56 Å². The average Bonchev–Trinajstić information content (AvgIpc) is 2.83. The fourth-order valence-corrected chi connectivity index (χ4v) is 2.44. The maximum atomic E-state index is 12.4. The summed E-state index contributed by atoms with van der Waals surface area (Å²) in [5.41, 5.74) is 1.15. The fourth-order valence-electron chi connectivity index (χ4n) is 2.24. The molecular formula is C18H13ClO5. The molecule has 0 fully saturated rings. The predicted octanol–water partition coefficient (Wildman–Crippen LogP) is 3.81. The van der Waals surface area contributed by atoms with Crippen molar-refractivity contribution in [3.8, 4) is 11.5 Å². The molecule has 0 aromatic heterocycles. The third-order valence-electron chi connectivity index (χ3n) is 3.45. The van der Waals surface area contributed by atoms with Crippen LogP contribution in [0.5, 0.6) is 11.5 Å². The standard InChI is InChI=1S/C18H13ClO5/c1-10(18(21)22)23-13-5-6-14-15(9-13)24-16(17(14)20)8-11-3-2-4-12(19)7-11/h2-10H,1H3,(H,21,22)/t10-/m1/s1. The third-order valence-corrected chi connectivity index (χ3v) is 3.68. The lowest BCUT2D eigenvalue weighted by Gasteiger charge is -2.10.